The van der Waals surface area contributed by atoms with Crippen LogP contribution in [-0.4, -0.2) is 4.98 Å². The molecule has 0 bridgehead atoms. The summed E-state index contributed by atoms with van der Waals surface area (Å²) in [5.74, 6) is -0.453. The van der Waals surface area contributed by atoms with Crippen molar-refractivity contribution in [1.82, 2.24) is 10.3 Å². The first-order valence-electron chi connectivity index (χ1n) is 7.28. The number of aromatic nitrogens is 1. The van der Waals surface area contributed by atoms with Crippen LogP contribution in [-0.2, 0) is 13.1 Å². The maximum absolute atomic E-state index is 13.1. The zero-order valence-corrected chi connectivity index (χ0v) is 12.2. The number of nitrogens with zero attached hydrogens (tertiary/aromatic N) is 1. The molecule has 0 amide bonds. The summed E-state index contributed by atoms with van der Waals surface area (Å²) in [7, 11) is 0. The molecule has 0 unspecified atom stereocenters. The maximum Gasteiger partial charge on any atom is 0.213 e. The van der Waals surface area contributed by atoms with Crippen LogP contribution >= 0.6 is 0 Å². The van der Waals surface area contributed by atoms with Gasteiger partial charge in [-0.25, -0.2) is 4.98 Å². The Bertz CT molecular complexity index is 724. The second kappa shape index (κ2) is 6.96. The van der Waals surface area contributed by atoms with E-state index < -0.39 is 5.95 Å². The molecule has 110 valence electrons. The van der Waals surface area contributed by atoms with E-state index in [2.05, 4.69) is 22.4 Å². The van der Waals surface area contributed by atoms with Gasteiger partial charge in [0.15, 0.2) is 0 Å². The molecule has 0 aliphatic carbocycles. The smallest absolute Gasteiger partial charge is 0.213 e. The van der Waals surface area contributed by atoms with Crippen molar-refractivity contribution in [2.75, 3.05) is 0 Å². The monoisotopic (exact) mass is 292 g/mol. The molecular weight excluding hydrogens is 275 g/mol. The van der Waals surface area contributed by atoms with Gasteiger partial charge in [-0.1, -0.05) is 60.7 Å². The SMILES string of the molecule is Fc1cccc(-c2ccc(CNCc3ccccc3)cc2)n1. The number of nitrogens with one attached hydrogen (secondary N) is 1. The quantitative estimate of drug-likeness (QED) is 0.714. The van der Waals surface area contributed by atoms with Crippen LogP contribution in [0.1, 0.15) is 11.1 Å². The van der Waals surface area contributed by atoms with Crippen molar-refractivity contribution in [3.63, 3.8) is 0 Å². The van der Waals surface area contributed by atoms with Gasteiger partial charge in [0.25, 0.3) is 0 Å². The number of benzene rings is 2. The number of hydrogen-bond donors (Lipinski definition) is 1. The van der Waals surface area contributed by atoms with Crippen LogP contribution in [0.5, 0.6) is 0 Å². The summed E-state index contributed by atoms with van der Waals surface area (Å²) < 4.78 is 13.1. The van der Waals surface area contributed by atoms with Crippen LogP contribution in [0.2, 0.25) is 0 Å². The Balaban J connectivity index is 1.60. The largest absolute Gasteiger partial charge is 0.309 e. The molecule has 3 aromatic rings. The lowest BCUT2D eigenvalue weighted by molar-refractivity contribution is 0.585. The summed E-state index contributed by atoms with van der Waals surface area (Å²) >= 11 is 0. The van der Waals surface area contributed by atoms with Gasteiger partial charge in [0.1, 0.15) is 0 Å². The molecule has 22 heavy (non-hydrogen) atoms. The van der Waals surface area contributed by atoms with Crippen molar-refractivity contribution in [3.05, 3.63) is 89.9 Å². The Morgan fingerprint density at radius 2 is 1.41 bits per heavy atom. The summed E-state index contributed by atoms with van der Waals surface area (Å²) in [6.07, 6.45) is 0. The van der Waals surface area contributed by atoms with Gasteiger partial charge in [0, 0.05) is 18.7 Å². The highest BCUT2D eigenvalue weighted by Crippen LogP contribution is 2.17. The predicted molar refractivity (Wildman–Crippen MR) is 86.6 cm³/mol. The molecule has 0 spiro atoms. The van der Waals surface area contributed by atoms with Crippen molar-refractivity contribution >= 4 is 0 Å². The van der Waals surface area contributed by atoms with Gasteiger partial charge in [-0.15, -0.1) is 0 Å². The van der Waals surface area contributed by atoms with E-state index >= 15 is 0 Å². The third-order valence-corrected chi connectivity index (χ3v) is 3.47. The molecule has 1 N–H and O–H groups in total. The highest BCUT2D eigenvalue weighted by Gasteiger charge is 2.01. The first kappa shape index (κ1) is 14.4. The fraction of sp³-hybridized carbons (Fsp3) is 0.105. The average molecular weight is 292 g/mol. The molecule has 0 aliphatic rings. The van der Waals surface area contributed by atoms with E-state index in [-0.39, 0.29) is 0 Å². The second-order valence-corrected chi connectivity index (χ2v) is 5.13. The number of halogens is 1. The Morgan fingerprint density at radius 1 is 0.727 bits per heavy atom. The van der Waals surface area contributed by atoms with Crippen molar-refractivity contribution in [2.24, 2.45) is 0 Å². The van der Waals surface area contributed by atoms with Crippen LogP contribution < -0.4 is 5.32 Å². The minimum absolute atomic E-state index is 0.453. The lowest BCUT2D eigenvalue weighted by Crippen LogP contribution is -2.12. The van der Waals surface area contributed by atoms with Gasteiger partial charge >= 0.3 is 0 Å². The summed E-state index contributed by atoms with van der Waals surface area (Å²) in [6.45, 7) is 1.64. The zero-order chi connectivity index (χ0) is 15.2. The van der Waals surface area contributed by atoms with Crippen molar-refractivity contribution in [3.8, 4) is 11.3 Å². The summed E-state index contributed by atoms with van der Waals surface area (Å²) in [6, 6.07) is 23.2. The molecule has 0 atom stereocenters. The third-order valence-electron chi connectivity index (χ3n) is 3.47. The van der Waals surface area contributed by atoms with E-state index in [4.69, 9.17) is 0 Å². The topological polar surface area (TPSA) is 24.9 Å². The molecule has 0 fully saturated rings. The Kier molecular flexibility index (Phi) is 4.56. The normalized spacial score (nSPS) is 10.6. The highest BCUT2D eigenvalue weighted by molar-refractivity contribution is 5.59. The molecule has 2 aromatic carbocycles. The third kappa shape index (κ3) is 3.77. The fourth-order valence-corrected chi connectivity index (χ4v) is 2.31. The Labute approximate surface area is 129 Å². The molecule has 0 aliphatic heterocycles. The van der Waals surface area contributed by atoms with Crippen LogP contribution in [0, 0.1) is 5.95 Å². The summed E-state index contributed by atoms with van der Waals surface area (Å²) in [5, 5.41) is 3.41. The molecule has 0 saturated heterocycles. The molecule has 1 aromatic heterocycles. The molecule has 0 radical (unpaired) electrons. The molecule has 2 nitrogen and oxygen atoms in total. The highest BCUT2D eigenvalue weighted by atomic mass is 19.1. The Hall–Kier alpha value is -2.52. The molecule has 1 heterocycles. The molecular formula is C19H17FN2. The van der Waals surface area contributed by atoms with Crippen molar-refractivity contribution in [2.45, 2.75) is 13.1 Å². The first-order valence-corrected chi connectivity index (χ1v) is 7.28. The second-order valence-electron chi connectivity index (χ2n) is 5.13. The lowest BCUT2D eigenvalue weighted by atomic mass is 10.1. The Morgan fingerprint density at radius 3 is 2.09 bits per heavy atom. The van der Waals surface area contributed by atoms with Crippen LogP contribution in [0.3, 0.4) is 0 Å². The van der Waals surface area contributed by atoms with Crippen molar-refractivity contribution < 1.29 is 4.39 Å². The van der Waals surface area contributed by atoms with Crippen LogP contribution in [0.25, 0.3) is 11.3 Å². The van der Waals surface area contributed by atoms with E-state index in [0.29, 0.717) is 5.69 Å². The average Bonchev–Trinajstić information content (AvgIpc) is 2.56. The minimum Gasteiger partial charge on any atom is -0.309 e. The number of rotatable bonds is 5. The van der Waals surface area contributed by atoms with E-state index in [0.717, 1.165) is 18.7 Å². The standard InChI is InChI=1S/C19H17FN2/c20-19-8-4-7-18(22-19)17-11-9-16(10-12-17)14-21-13-15-5-2-1-3-6-15/h1-12,21H,13-14H2. The van der Waals surface area contributed by atoms with Gasteiger partial charge in [0.2, 0.25) is 5.95 Å². The lowest BCUT2D eigenvalue weighted by Gasteiger charge is -2.06. The number of pyridine rings is 1. The van der Waals surface area contributed by atoms with Crippen molar-refractivity contribution in [1.29, 1.82) is 0 Å². The molecule has 3 rings (SSSR count). The summed E-state index contributed by atoms with van der Waals surface area (Å²) in [5.41, 5.74) is 4.04. The summed E-state index contributed by atoms with van der Waals surface area (Å²) in [4.78, 5) is 3.89. The van der Waals surface area contributed by atoms with Gasteiger partial charge in [-0.3, -0.25) is 0 Å². The van der Waals surface area contributed by atoms with Gasteiger partial charge in [-0.05, 0) is 23.3 Å². The number of hydrogen-bond acceptors (Lipinski definition) is 2. The van der Waals surface area contributed by atoms with Crippen LogP contribution in [0.4, 0.5) is 4.39 Å². The molecule has 3 heteroatoms. The van der Waals surface area contributed by atoms with Crippen LogP contribution in [0.15, 0.2) is 72.8 Å². The van der Waals surface area contributed by atoms with E-state index in [1.165, 1.54) is 17.2 Å². The van der Waals surface area contributed by atoms with E-state index in [1.54, 1.807) is 6.07 Å². The van der Waals surface area contributed by atoms with Gasteiger partial charge < -0.3 is 5.32 Å². The van der Waals surface area contributed by atoms with E-state index in [9.17, 15) is 4.39 Å². The van der Waals surface area contributed by atoms with E-state index in [1.807, 2.05) is 48.5 Å². The fourth-order valence-electron chi connectivity index (χ4n) is 2.31. The zero-order valence-electron chi connectivity index (χ0n) is 12.2. The minimum atomic E-state index is -0.453. The maximum atomic E-state index is 13.1. The molecule has 0 saturated carbocycles. The first-order chi connectivity index (χ1) is 10.8. The predicted octanol–water partition coefficient (Wildman–Crippen LogP) is 4.18. The van der Waals surface area contributed by atoms with Gasteiger partial charge in [0.05, 0.1) is 5.69 Å². The van der Waals surface area contributed by atoms with Gasteiger partial charge in [-0.2, -0.15) is 4.39 Å².